The lowest BCUT2D eigenvalue weighted by atomic mass is 10.4. The SMILES string of the molecule is C[NH+]=C1NC(C)CS1.[Cl-]. The standard InChI is InChI=1S/C5H10N2S.ClH/c1-4-3-8-5(6-2)7-4;/h4H,3H2,1-2H3,(H,6,7);1H. The topological polar surface area (TPSA) is 26.0 Å². The zero-order chi connectivity index (χ0) is 5.98. The average molecular weight is 167 g/mol. The normalized spacial score (nSPS) is 29.6. The van der Waals surface area contributed by atoms with Crippen molar-refractivity contribution in [3.63, 3.8) is 0 Å². The second-order valence-corrected chi connectivity index (χ2v) is 2.97. The van der Waals surface area contributed by atoms with Gasteiger partial charge in [-0.3, -0.25) is 10.3 Å². The van der Waals surface area contributed by atoms with Crippen LogP contribution in [0.4, 0.5) is 0 Å². The second kappa shape index (κ2) is 4.01. The lowest BCUT2D eigenvalue weighted by Crippen LogP contribution is -3.00. The van der Waals surface area contributed by atoms with Gasteiger partial charge >= 0.3 is 5.17 Å². The Labute approximate surface area is 65.9 Å². The molecule has 9 heavy (non-hydrogen) atoms. The molecule has 0 aliphatic carbocycles. The minimum absolute atomic E-state index is 0. The molecule has 1 rings (SSSR count). The minimum Gasteiger partial charge on any atom is -1.00 e. The zero-order valence-electron chi connectivity index (χ0n) is 5.57. The van der Waals surface area contributed by atoms with Gasteiger partial charge in [-0.1, -0.05) is 0 Å². The van der Waals surface area contributed by atoms with Crippen molar-refractivity contribution >= 4 is 16.9 Å². The van der Waals surface area contributed by atoms with Crippen LogP contribution >= 0.6 is 11.8 Å². The van der Waals surface area contributed by atoms with Gasteiger partial charge in [0.1, 0.15) is 6.04 Å². The molecule has 0 aromatic carbocycles. The van der Waals surface area contributed by atoms with E-state index >= 15 is 0 Å². The first kappa shape index (κ1) is 9.11. The number of halogens is 1. The van der Waals surface area contributed by atoms with E-state index in [2.05, 4.69) is 17.2 Å². The molecule has 0 amide bonds. The quantitative estimate of drug-likeness (QED) is 0.382. The van der Waals surface area contributed by atoms with Crippen LogP contribution in [0.2, 0.25) is 0 Å². The highest BCUT2D eigenvalue weighted by molar-refractivity contribution is 8.13. The van der Waals surface area contributed by atoms with Crippen LogP contribution in [0.3, 0.4) is 0 Å². The monoisotopic (exact) mass is 166 g/mol. The summed E-state index contributed by atoms with van der Waals surface area (Å²) in [5, 5.41) is 4.48. The van der Waals surface area contributed by atoms with Crippen molar-refractivity contribution in [1.82, 2.24) is 5.32 Å². The fraction of sp³-hybridized carbons (Fsp3) is 0.800. The summed E-state index contributed by atoms with van der Waals surface area (Å²) >= 11 is 1.84. The van der Waals surface area contributed by atoms with E-state index < -0.39 is 0 Å². The van der Waals surface area contributed by atoms with Crippen LogP contribution in [0.5, 0.6) is 0 Å². The first-order valence-corrected chi connectivity index (χ1v) is 3.75. The third-order valence-electron chi connectivity index (χ3n) is 1.08. The minimum atomic E-state index is 0. The Morgan fingerprint density at radius 1 is 1.78 bits per heavy atom. The van der Waals surface area contributed by atoms with Gasteiger partial charge in [-0.15, -0.1) is 0 Å². The molecule has 2 nitrogen and oxygen atoms in total. The van der Waals surface area contributed by atoms with Gasteiger partial charge in [-0.2, -0.15) is 0 Å². The maximum Gasteiger partial charge on any atom is 0.304 e. The van der Waals surface area contributed by atoms with E-state index in [0.717, 1.165) is 0 Å². The third kappa shape index (κ3) is 2.45. The maximum absolute atomic E-state index is 3.27. The highest BCUT2D eigenvalue weighted by Crippen LogP contribution is 2.08. The fourth-order valence-corrected chi connectivity index (χ4v) is 1.59. The van der Waals surface area contributed by atoms with Crippen molar-refractivity contribution in [3.05, 3.63) is 0 Å². The molecule has 1 unspecified atom stereocenters. The lowest BCUT2D eigenvalue weighted by Gasteiger charge is -1.89. The number of nitrogens with one attached hydrogen (secondary N) is 2. The molecule has 0 spiro atoms. The van der Waals surface area contributed by atoms with E-state index in [9.17, 15) is 0 Å². The van der Waals surface area contributed by atoms with Crippen LogP contribution < -0.4 is 22.7 Å². The van der Waals surface area contributed by atoms with E-state index in [4.69, 9.17) is 0 Å². The Kier molecular flexibility index (Phi) is 4.06. The molecule has 54 valence electrons. The molecule has 1 saturated heterocycles. The first-order valence-electron chi connectivity index (χ1n) is 2.77. The van der Waals surface area contributed by atoms with Crippen molar-refractivity contribution < 1.29 is 17.4 Å². The van der Waals surface area contributed by atoms with Crippen LogP contribution in [0.25, 0.3) is 0 Å². The second-order valence-electron chi connectivity index (χ2n) is 1.94. The van der Waals surface area contributed by atoms with Crippen molar-refractivity contribution in [2.45, 2.75) is 13.0 Å². The highest BCUT2D eigenvalue weighted by atomic mass is 35.5. The Hall–Kier alpha value is 0.110. The van der Waals surface area contributed by atoms with E-state index in [1.807, 2.05) is 18.8 Å². The molecule has 0 bridgehead atoms. The maximum atomic E-state index is 3.27. The molecule has 1 aliphatic rings. The summed E-state index contributed by atoms with van der Waals surface area (Å²) in [5.41, 5.74) is 0. The fourth-order valence-electron chi connectivity index (χ4n) is 0.660. The van der Waals surface area contributed by atoms with Gasteiger partial charge in [0.15, 0.2) is 0 Å². The Morgan fingerprint density at radius 3 is 2.67 bits per heavy atom. The lowest BCUT2D eigenvalue weighted by molar-refractivity contribution is -0.418. The molecule has 1 heterocycles. The van der Waals surface area contributed by atoms with Crippen molar-refractivity contribution in [3.8, 4) is 0 Å². The Bertz CT molecular complexity index is 116. The van der Waals surface area contributed by atoms with Gasteiger partial charge in [0.05, 0.1) is 7.05 Å². The number of rotatable bonds is 0. The van der Waals surface area contributed by atoms with Crippen LogP contribution in [-0.2, 0) is 0 Å². The van der Waals surface area contributed by atoms with Gasteiger partial charge in [0, 0.05) is 5.75 Å². The smallest absolute Gasteiger partial charge is 0.304 e. The zero-order valence-corrected chi connectivity index (χ0v) is 7.14. The molecule has 4 heteroatoms. The van der Waals surface area contributed by atoms with Gasteiger partial charge in [-0.25, -0.2) is 0 Å². The molecule has 0 aromatic rings. The Morgan fingerprint density at radius 2 is 2.44 bits per heavy atom. The molecular weight excluding hydrogens is 156 g/mol. The summed E-state index contributed by atoms with van der Waals surface area (Å²) in [6.07, 6.45) is 0. The summed E-state index contributed by atoms with van der Waals surface area (Å²) in [7, 11) is 1.94. The summed E-state index contributed by atoms with van der Waals surface area (Å²) in [6.45, 7) is 2.18. The van der Waals surface area contributed by atoms with E-state index in [1.54, 1.807) is 0 Å². The first-order chi connectivity index (χ1) is 3.83. The third-order valence-corrected chi connectivity index (χ3v) is 2.36. The molecule has 0 aromatic heterocycles. The van der Waals surface area contributed by atoms with Crippen LogP contribution in [0.1, 0.15) is 6.92 Å². The van der Waals surface area contributed by atoms with Crippen LogP contribution in [0.15, 0.2) is 0 Å². The molecule has 2 N–H and O–H groups in total. The largest absolute Gasteiger partial charge is 1.00 e. The summed E-state index contributed by atoms with van der Waals surface area (Å²) in [4.78, 5) is 3.06. The van der Waals surface area contributed by atoms with Gasteiger partial charge in [0.2, 0.25) is 0 Å². The summed E-state index contributed by atoms with van der Waals surface area (Å²) in [6, 6.07) is 0.641. The molecule has 0 saturated carbocycles. The Balaban J connectivity index is 0.000000640. The average Bonchev–Trinajstić information content (AvgIpc) is 2.14. The molecule has 1 aliphatic heterocycles. The number of hydrogen-bond donors (Lipinski definition) is 2. The van der Waals surface area contributed by atoms with Gasteiger partial charge < -0.3 is 12.4 Å². The van der Waals surface area contributed by atoms with Gasteiger partial charge in [-0.05, 0) is 18.7 Å². The number of thioether (sulfide) groups is 1. The predicted octanol–water partition coefficient (Wildman–Crippen LogP) is -4.22. The van der Waals surface area contributed by atoms with Crippen molar-refractivity contribution in [2.24, 2.45) is 0 Å². The van der Waals surface area contributed by atoms with E-state index in [-0.39, 0.29) is 12.4 Å². The van der Waals surface area contributed by atoms with E-state index in [0.29, 0.717) is 6.04 Å². The molecule has 1 atom stereocenters. The predicted molar refractivity (Wildman–Crippen MR) is 36.9 cm³/mol. The van der Waals surface area contributed by atoms with Crippen molar-refractivity contribution in [1.29, 1.82) is 0 Å². The molecular formula is C5H11ClN2S. The summed E-state index contributed by atoms with van der Waals surface area (Å²) < 4.78 is 0. The van der Waals surface area contributed by atoms with Gasteiger partial charge in [0.25, 0.3) is 0 Å². The highest BCUT2D eigenvalue weighted by Gasteiger charge is 2.20. The summed E-state index contributed by atoms with van der Waals surface area (Å²) in [5.74, 6) is 1.19. The number of hydrogen-bond acceptors (Lipinski definition) is 1. The molecule has 0 radical (unpaired) electrons. The van der Waals surface area contributed by atoms with Crippen LogP contribution in [-0.4, -0.2) is 24.0 Å². The van der Waals surface area contributed by atoms with Crippen molar-refractivity contribution in [2.75, 3.05) is 12.8 Å². The number of amidine groups is 1. The molecule has 1 fully saturated rings. The van der Waals surface area contributed by atoms with E-state index in [1.165, 1.54) is 10.9 Å². The van der Waals surface area contributed by atoms with Crippen LogP contribution in [0, 0.1) is 0 Å².